The largest absolute Gasteiger partial charge is 0.383 e. The molecule has 0 aliphatic carbocycles. The van der Waals surface area contributed by atoms with Gasteiger partial charge in [-0.1, -0.05) is 0 Å². The SMILES string of the molecule is COCCN(C)CC1CCC2CCCN21. The average Bonchev–Trinajstić information content (AvgIpc) is 2.80. The van der Waals surface area contributed by atoms with Gasteiger partial charge in [-0.15, -0.1) is 0 Å². The summed E-state index contributed by atoms with van der Waals surface area (Å²) in [4.78, 5) is 5.15. The van der Waals surface area contributed by atoms with E-state index < -0.39 is 0 Å². The van der Waals surface area contributed by atoms with E-state index in [4.69, 9.17) is 4.74 Å². The summed E-state index contributed by atoms with van der Waals surface area (Å²) < 4.78 is 5.11. The van der Waals surface area contributed by atoms with Crippen LogP contribution in [0.15, 0.2) is 0 Å². The first-order valence-electron chi connectivity index (χ1n) is 6.24. The van der Waals surface area contributed by atoms with Gasteiger partial charge >= 0.3 is 0 Å². The number of hydrogen-bond acceptors (Lipinski definition) is 3. The van der Waals surface area contributed by atoms with E-state index in [1.807, 2.05) is 0 Å². The molecule has 2 aliphatic rings. The van der Waals surface area contributed by atoms with Gasteiger partial charge in [-0.2, -0.15) is 0 Å². The molecule has 0 amide bonds. The maximum Gasteiger partial charge on any atom is 0.0589 e. The normalized spacial score (nSPS) is 31.4. The molecule has 0 aromatic heterocycles. The Morgan fingerprint density at radius 2 is 2.20 bits per heavy atom. The van der Waals surface area contributed by atoms with Crippen molar-refractivity contribution in [3.05, 3.63) is 0 Å². The Balaban J connectivity index is 1.74. The second-order valence-electron chi connectivity index (χ2n) is 5.02. The molecule has 2 aliphatic heterocycles. The van der Waals surface area contributed by atoms with Gasteiger partial charge in [-0.05, 0) is 39.3 Å². The number of hydrogen-bond donors (Lipinski definition) is 0. The van der Waals surface area contributed by atoms with E-state index in [1.165, 1.54) is 38.8 Å². The molecule has 3 heteroatoms. The van der Waals surface area contributed by atoms with Crippen molar-refractivity contribution in [3.8, 4) is 0 Å². The summed E-state index contributed by atoms with van der Waals surface area (Å²) in [5.41, 5.74) is 0. The first-order chi connectivity index (χ1) is 7.31. The molecular formula is C12H24N2O. The average molecular weight is 212 g/mol. The van der Waals surface area contributed by atoms with Crippen LogP contribution in [0.5, 0.6) is 0 Å². The smallest absolute Gasteiger partial charge is 0.0589 e. The van der Waals surface area contributed by atoms with Crippen molar-refractivity contribution in [3.63, 3.8) is 0 Å². The Labute approximate surface area is 93.4 Å². The second-order valence-corrected chi connectivity index (χ2v) is 5.02. The van der Waals surface area contributed by atoms with Gasteiger partial charge in [0.25, 0.3) is 0 Å². The third-order valence-electron chi connectivity index (χ3n) is 3.92. The standard InChI is InChI=1S/C12H24N2O/c1-13(8-9-15-2)10-12-6-5-11-4-3-7-14(11)12/h11-12H,3-10H2,1-2H3. The van der Waals surface area contributed by atoms with E-state index in [9.17, 15) is 0 Å². The van der Waals surface area contributed by atoms with Crippen LogP contribution in [0.2, 0.25) is 0 Å². The van der Waals surface area contributed by atoms with Gasteiger partial charge in [0.2, 0.25) is 0 Å². The van der Waals surface area contributed by atoms with Crippen LogP contribution in [-0.2, 0) is 4.74 Å². The molecule has 0 spiro atoms. The van der Waals surface area contributed by atoms with Gasteiger partial charge in [-0.25, -0.2) is 0 Å². The number of rotatable bonds is 5. The Kier molecular flexibility index (Phi) is 4.00. The molecule has 2 rings (SSSR count). The molecule has 2 saturated heterocycles. The van der Waals surface area contributed by atoms with Gasteiger partial charge in [0.15, 0.2) is 0 Å². The zero-order valence-corrected chi connectivity index (χ0v) is 10.1. The van der Waals surface area contributed by atoms with Crippen molar-refractivity contribution in [2.45, 2.75) is 37.8 Å². The topological polar surface area (TPSA) is 15.7 Å². The zero-order chi connectivity index (χ0) is 10.7. The van der Waals surface area contributed by atoms with Crippen molar-refractivity contribution in [1.29, 1.82) is 0 Å². The third kappa shape index (κ3) is 2.71. The predicted octanol–water partition coefficient (Wildman–Crippen LogP) is 1.19. The molecular weight excluding hydrogens is 188 g/mol. The highest BCUT2D eigenvalue weighted by atomic mass is 16.5. The van der Waals surface area contributed by atoms with Crippen LogP contribution < -0.4 is 0 Å². The predicted molar refractivity (Wildman–Crippen MR) is 62.1 cm³/mol. The van der Waals surface area contributed by atoms with Gasteiger partial charge in [-0.3, -0.25) is 4.90 Å². The van der Waals surface area contributed by atoms with E-state index >= 15 is 0 Å². The molecule has 0 N–H and O–H groups in total. The monoisotopic (exact) mass is 212 g/mol. The molecule has 2 unspecified atom stereocenters. The number of methoxy groups -OCH3 is 1. The van der Waals surface area contributed by atoms with E-state index in [1.54, 1.807) is 7.11 Å². The fourth-order valence-electron chi connectivity index (χ4n) is 3.09. The van der Waals surface area contributed by atoms with Gasteiger partial charge in [0.1, 0.15) is 0 Å². The van der Waals surface area contributed by atoms with Crippen LogP contribution in [0, 0.1) is 0 Å². The van der Waals surface area contributed by atoms with Crippen LogP contribution in [0.4, 0.5) is 0 Å². The summed E-state index contributed by atoms with van der Waals surface area (Å²) in [6.45, 7) is 4.48. The van der Waals surface area contributed by atoms with Gasteiger partial charge in [0.05, 0.1) is 6.61 Å². The first kappa shape index (κ1) is 11.4. The highest BCUT2D eigenvalue weighted by molar-refractivity contribution is 4.92. The molecule has 88 valence electrons. The Morgan fingerprint density at radius 1 is 1.33 bits per heavy atom. The summed E-state index contributed by atoms with van der Waals surface area (Å²) in [5, 5.41) is 0. The molecule has 3 nitrogen and oxygen atoms in total. The minimum atomic E-state index is 0.819. The molecule has 0 radical (unpaired) electrons. The summed E-state index contributed by atoms with van der Waals surface area (Å²) >= 11 is 0. The lowest BCUT2D eigenvalue weighted by molar-refractivity contribution is 0.137. The summed E-state index contributed by atoms with van der Waals surface area (Å²) in [6, 6.07) is 1.74. The molecule has 15 heavy (non-hydrogen) atoms. The number of nitrogens with zero attached hydrogens (tertiary/aromatic N) is 2. The molecule has 0 aromatic carbocycles. The molecule has 0 bridgehead atoms. The lowest BCUT2D eigenvalue weighted by Crippen LogP contribution is -2.40. The highest BCUT2D eigenvalue weighted by Gasteiger charge is 2.36. The number of fused-ring (bicyclic) bond motifs is 1. The van der Waals surface area contributed by atoms with Crippen LogP contribution in [0.3, 0.4) is 0 Å². The molecule has 0 aromatic rings. The molecule has 2 atom stereocenters. The van der Waals surface area contributed by atoms with E-state index in [0.717, 1.165) is 25.2 Å². The second kappa shape index (κ2) is 5.28. The number of ether oxygens (including phenoxy) is 1. The molecule has 2 fully saturated rings. The summed E-state index contributed by atoms with van der Waals surface area (Å²) in [6.07, 6.45) is 5.70. The molecule has 2 heterocycles. The summed E-state index contributed by atoms with van der Waals surface area (Å²) in [7, 11) is 3.99. The van der Waals surface area contributed by atoms with E-state index in [2.05, 4.69) is 16.8 Å². The maximum absolute atomic E-state index is 5.11. The Bertz CT molecular complexity index is 198. The first-order valence-corrected chi connectivity index (χ1v) is 6.24. The third-order valence-corrected chi connectivity index (χ3v) is 3.92. The van der Waals surface area contributed by atoms with E-state index in [-0.39, 0.29) is 0 Å². The fraction of sp³-hybridized carbons (Fsp3) is 1.00. The van der Waals surface area contributed by atoms with Crippen LogP contribution in [0.1, 0.15) is 25.7 Å². The van der Waals surface area contributed by atoms with E-state index in [0.29, 0.717) is 0 Å². The lowest BCUT2D eigenvalue weighted by Gasteiger charge is -2.28. The quantitative estimate of drug-likeness (QED) is 0.681. The van der Waals surface area contributed by atoms with Crippen molar-refractivity contribution in [1.82, 2.24) is 9.80 Å². The van der Waals surface area contributed by atoms with Gasteiger partial charge in [0, 0.05) is 32.3 Å². The maximum atomic E-state index is 5.11. The van der Waals surface area contributed by atoms with Crippen molar-refractivity contribution < 1.29 is 4.74 Å². The fourth-order valence-corrected chi connectivity index (χ4v) is 3.09. The number of likely N-dealkylation sites (N-methyl/N-ethyl adjacent to an activating group) is 1. The highest BCUT2D eigenvalue weighted by Crippen LogP contribution is 2.32. The molecule has 0 saturated carbocycles. The van der Waals surface area contributed by atoms with Gasteiger partial charge < -0.3 is 9.64 Å². The minimum absolute atomic E-state index is 0.819. The Morgan fingerprint density at radius 3 is 3.00 bits per heavy atom. The Hall–Kier alpha value is -0.120. The lowest BCUT2D eigenvalue weighted by atomic mass is 10.1. The van der Waals surface area contributed by atoms with Crippen LogP contribution in [-0.4, -0.2) is 62.3 Å². The van der Waals surface area contributed by atoms with Crippen LogP contribution >= 0.6 is 0 Å². The van der Waals surface area contributed by atoms with Crippen molar-refractivity contribution in [2.75, 3.05) is 40.4 Å². The summed E-state index contributed by atoms with van der Waals surface area (Å²) in [5.74, 6) is 0. The van der Waals surface area contributed by atoms with Crippen LogP contribution in [0.25, 0.3) is 0 Å². The minimum Gasteiger partial charge on any atom is -0.383 e. The van der Waals surface area contributed by atoms with Crippen molar-refractivity contribution >= 4 is 0 Å². The zero-order valence-electron chi connectivity index (χ0n) is 10.1. The van der Waals surface area contributed by atoms with Crippen molar-refractivity contribution in [2.24, 2.45) is 0 Å².